The summed E-state index contributed by atoms with van der Waals surface area (Å²) in [5, 5.41) is 0. The van der Waals surface area contributed by atoms with Crippen LogP contribution in [0.25, 0.3) is 0 Å². The van der Waals surface area contributed by atoms with E-state index in [0.717, 1.165) is 6.29 Å². The number of allylic oxidation sites excluding steroid dienone is 2. The zero-order valence-corrected chi connectivity index (χ0v) is 9.57. The lowest BCUT2D eigenvalue weighted by Gasteiger charge is -2.28. The fraction of sp³-hybridized carbons (Fsp3) is 0.583. The Balaban J connectivity index is 4.64. The zero-order valence-electron chi connectivity index (χ0n) is 9.57. The monoisotopic (exact) mass is 212 g/mol. The van der Waals surface area contributed by atoms with Crippen molar-refractivity contribution >= 4 is 6.29 Å². The lowest BCUT2D eigenvalue weighted by molar-refractivity contribution is -0.138. The second-order valence-electron chi connectivity index (χ2n) is 3.57. The van der Waals surface area contributed by atoms with E-state index in [4.69, 9.17) is 9.47 Å². The highest BCUT2D eigenvalue weighted by molar-refractivity contribution is 5.60. The van der Waals surface area contributed by atoms with Crippen LogP contribution in [0.15, 0.2) is 25.3 Å². The summed E-state index contributed by atoms with van der Waals surface area (Å²) in [6, 6.07) is 0. The first-order chi connectivity index (χ1) is 7.17. The molecule has 0 aliphatic heterocycles. The molecule has 0 aromatic heterocycles. The van der Waals surface area contributed by atoms with Gasteiger partial charge in [0.05, 0.1) is 0 Å². The van der Waals surface area contributed by atoms with Gasteiger partial charge in [-0.15, -0.1) is 13.2 Å². The molecule has 15 heavy (non-hydrogen) atoms. The van der Waals surface area contributed by atoms with Crippen LogP contribution in [0.5, 0.6) is 0 Å². The van der Waals surface area contributed by atoms with Gasteiger partial charge in [0, 0.05) is 26.1 Å². The van der Waals surface area contributed by atoms with Crippen LogP contribution in [0, 0.1) is 5.41 Å². The molecule has 0 N–H and O–H groups in total. The van der Waals surface area contributed by atoms with Crippen LogP contribution in [0.4, 0.5) is 0 Å². The van der Waals surface area contributed by atoms with Crippen LogP contribution in [0.1, 0.15) is 19.3 Å². The van der Waals surface area contributed by atoms with E-state index < -0.39 is 5.41 Å². The standard InChI is InChI=1S/C12H20O3/c1-5-7-12(10-13,8-6-2)9-11(14-3)15-4/h5-6,10-11H,1-2,7-9H2,3-4H3. The average molecular weight is 212 g/mol. The Labute approximate surface area is 91.8 Å². The van der Waals surface area contributed by atoms with Crippen molar-refractivity contribution in [1.82, 2.24) is 0 Å². The Morgan fingerprint density at radius 2 is 1.67 bits per heavy atom. The van der Waals surface area contributed by atoms with Gasteiger partial charge in [-0.1, -0.05) is 12.2 Å². The van der Waals surface area contributed by atoms with Crippen LogP contribution in [-0.4, -0.2) is 26.8 Å². The molecule has 0 radical (unpaired) electrons. The van der Waals surface area contributed by atoms with Crippen molar-refractivity contribution in [2.24, 2.45) is 5.41 Å². The minimum atomic E-state index is -0.500. The molecule has 0 heterocycles. The molecule has 0 aliphatic rings. The summed E-state index contributed by atoms with van der Waals surface area (Å²) in [7, 11) is 3.12. The van der Waals surface area contributed by atoms with E-state index in [1.807, 2.05) is 0 Å². The second-order valence-corrected chi connectivity index (χ2v) is 3.57. The molecule has 0 atom stereocenters. The van der Waals surface area contributed by atoms with E-state index in [1.54, 1.807) is 26.4 Å². The quantitative estimate of drug-likeness (QED) is 0.334. The molecule has 0 rings (SSSR count). The lowest BCUT2D eigenvalue weighted by atomic mass is 9.79. The first kappa shape index (κ1) is 14.1. The summed E-state index contributed by atoms with van der Waals surface area (Å²) in [4.78, 5) is 11.2. The van der Waals surface area contributed by atoms with Gasteiger partial charge in [-0.2, -0.15) is 0 Å². The number of aldehydes is 1. The third-order valence-corrected chi connectivity index (χ3v) is 2.45. The number of hydrogen-bond acceptors (Lipinski definition) is 3. The zero-order chi connectivity index (χ0) is 11.7. The van der Waals surface area contributed by atoms with Gasteiger partial charge in [0.15, 0.2) is 6.29 Å². The smallest absolute Gasteiger partial charge is 0.157 e. The van der Waals surface area contributed by atoms with E-state index in [1.165, 1.54) is 0 Å². The Morgan fingerprint density at radius 1 is 1.20 bits per heavy atom. The van der Waals surface area contributed by atoms with Gasteiger partial charge in [0.2, 0.25) is 0 Å². The number of methoxy groups -OCH3 is 2. The van der Waals surface area contributed by atoms with Crippen molar-refractivity contribution in [3.63, 3.8) is 0 Å². The average Bonchev–Trinajstić information content (AvgIpc) is 2.26. The van der Waals surface area contributed by atoms with E-state index in [9.17, 15) is 4.79 Å². The number of carbonyl (C=O) groups excluding carboxylic acids is 1. The summed E-state index contributed by atoms with van der Waals surface area (Å²) >= 11 is 0. The highest BCUT2D eigenvalue weighted by Gasteiger charge is 2.30. The highest BCUT2D eigenvalue weighted by atomic mass is 16.7. The fourth-order valence-electron chi connectivity index (χ4n) is 1.56. The van der Waals surface area contributed by atoms with E-state index in [0.29, 0.717) is 19.3 Å². The van der Waals surface area contributed by atoms with Gasteiger partial charge in [0.25, 0.3) is 0 Å². The third-order valence-electron chi connectivity index (χ3n) is 2.45. The normalized spacial score (nSPS) is 11.4. The van der Waals surface area contributed by atoms with Crippen molar-refractivity contribution in [3.8, 4) is 0 Å². The summed E-state index contributed by atoms with van der Waals surface area (Å²) < 4.78 is 10.2. The van der Waals surface area contributed by atoms with Crippen LogP contribution < -0.4 is 0 Å². The topological polar surface area (TPSA) is 35.5 Å². The Hall–Kier alpha value is -0.930. The Kier molecular flexibility index (Phi) is 6.92. The van der Waals surface area contributed by atoms with E-state index in [2.05, 4.69) is 13.2 Å². The van der Waals surface area contributed by atoms with E-state index in [-0.39, 0.29) is 6.29 Å². The Bertz CT molecular complexity index is 197. The predicted octanol–water partition coefficient (Wildman–Crippen LogP) is 2.33. The maximum absolute atomic E-state index is 11.2. The first-order valence-electron chi connectivity index (χ1n) is 4.91. The number of hydrogen-bond donors (Lipinski definition) is 0. The maximum Gasteiger partial charge on any atom is 0.157 e. The molecule has 0 spiro atoms. The van der Waals surface area contributed by atoms with Crippen molar-refractivity contribution in [3.05, 3.63) is 25.3 Å². The number of ether oxygens (including phenoxy) is 2. The largest absolute Gasteiger partial charge is 0.356 e. The van der Waals surface area contributed by atoms with Gasteiger partial charge in [-0.25, -0.2) is 0 Å². The summed E-state index contributed by atoms with van der Waals surface area (Å²) in [6.45, 7) is 7.32. The molecule has 3 heteroatoms. The summed E-state index contributed by atoms with van der Waals surface area (Å²) in [6.07, 6.45) is 5.77. The van der Waals surface area contributed by atoms with Crippen molar-refractivity contribution in [2.45, 2.75) is 25.6 Å². The van der Waals surface area contributed by atoms with Crippen molar-refractivity contribution < 1.29 is 14.3 Å². The molecule has 0 saturated carbocycles. The second kappa shape index (κ2) is 7.37. The molecule has 0 amide bonds. The molecule has 0 aromatic rings. The Morgan fingerprint density at radius 3 is 1.93 bits per heavy atom. The van der Waals surface area contributed by atoms with Gasteiger partial charge in [-0.3, -0.25) is 0 Å². The van der Waals surface area contributed by atoms with Crippen LogP contribution in [0.2, 0.25) is 0 Å². The molecule has 0 aromatic carbocycles. The molecule has 86 valence electrons. The molecular weight excluding hydrogens is 192 g/mol. The SMILES string of the molecule is C=CCC(C=O)(CC=C)CC(OC)OC. The lowest BCUT2D eigenvalue weighted by Crippen LogP contribution is -2.29. The van der Waals surface area contributed by atoms with Crippen LogP contribution in [0.3, 0.4) is 0 Å². The molecule has 0 bridgehead atoms. The predicted molar refractivity (Wildman–Crippen MR) is 60.5 cm³/mol. The van der Waals surface area contributed by atoms with Gasteiger partial charge < -0.3 is 14.3 Å². The third kappa shape index (κ3) is 4.40. The molecule has 0 saturated heterocycles. The number of carbonyl (C=O) groups is 1. The summed E-state index contributed by atoms with van der Waals surface area (Å²) in [5.41, 5.74) is -0.500. The maximum atomic E-state index is 11.2. The van der Waals surface area contributed by atoms with Crippen LogP contribution >= 0.6 is 0 Å². The van der Waals surface area contributed by atoms with Crippen molar-refractivity contribution in [1.29, 1.82) is 0 Å². The van der Waals surface area contributed by atoms with Gasteiger partial charge >= 0.3 is 0 Å². The fourth-order valence-corrected chi connectivity index (χ4v) is 1.56. The highest BCUT2D eigenvalue weighted by Crippen LogP contribution is 2.31. The number of rotatable bonds is 9. The van der Waals surface area contributed by atoms with Crippen molar-refractivity contribution in [2.75, 3.05) is 14.2 Å². The minimum absolute atomic E-state index is 0.366. The molecule has 0 unspecified atom stereocenters. The summed E-state index contributed by atoms with van der Waals surface area (Å²) in [5.74, 6) is 0. The minimum Gasteiger partial charge on any atom is -0.356 e. The van der Waals surface area contributed by atoms with Crippen LogP contribution in [-0.2, 0) is 14.3 Å². The van der Waals surface area contributed by atoms with Gasteiger partial charge in [0.1, 0.15) is 6.29 Å². The molecule has 0 fully saturated rings. The van der Waals surface area contributed by atoms with E-state index >= 15 is 0 Å². The first-order valence-corrected chi connectivity index (χ1v) is 4.91. The van der Waals surface area contributed by atoms with Gasteiger partial charge in [-0.05, 0) is 12.8 Å². The molecular formula is C12H20O3. The molecule has 3 nitrogen and oxygen atoms in total. The molecule has 0 aliphatic carbocycles.